The van der Waals surface area contributed by atoms with E-state index in [1.807, 2.05) is 11.0 Å². The van der Waals surface area contributed by atoms with Gasteiger partial charge in [-0.15, -0.1) is 0 Å². The molecule has 0 spiro atoms. The van der Waals surface area contributed by atoms with Gasteiger partial charge in [-0.2, -0.15) is 4.98 Å². The first kappa shape index (κ1) is 23.8. The van der Waals surface area contributed by atoms with E-state index < -0.39 is 0 Å². The van der Waals surface area contributed by atoms with Crippen LogP contribution in [0.15, 0.2) is 30.6 Å². The Balaban J connectivity index is 1.25. The molecule has 2 aliphatic heterocycles. The highest BCUT2D eigenvalue weighted by Crippen LogP contribution is 2.35. The Morgan fingerprint density at radius 1 is 1.05 bits per heavy atom. The van der Waals surface area contributed by atoms with E-state index in [0.717, 1.165) is 49.8 Å². The monoisotopic (exact) mass is 504 g/mol. The fraction of sp³-hybridized carbons (Fsp3) is 0.500. The van der Waals surface area contributed by atoms with E-state index in [2.05, 4.69) is 25.2 Å². The first-order chi connectivity index (χ1) is 18.0. The van der Waals surface area contributed by atoms with Crippen LogP contribution < -0.4 is 10.6 Å². The summed E-state index contributed by atoms with van der Waals surface area (Å²) in [7, 11) is 3.53. The number of carbonyl (C=O) groups is 2. The fourth-order valence-electron chi connectivity index (χ4n) is 5.71. The summed E-state index contributed by atoms with van der Waals surface area (Å²) < 4.78 is 7.72. The number of hydrogen-bond acceptors (Lipinski definition) is 8. The van der Waals surface area contributed by atoms with E-state index in [1.165, 1.54) is 0 Å². The third-order valence-electron chi connectivity index (χ3n) is 7.54. The van der Waals surface area contributed by atoms with Gasteiger partial charge in [-0.25, -0.2) is 9.97 Å². The third-order valence-corrected chi connectivity index (χ3v) is 7.54. The first-order valence-corrected chi connectivity index (χ1v) is 12.9. The van der Waals surface area contributed by atoms with Crippen LogP contribution >= 0.6 is 0 Å². The van der Waals surface area contributed by atoms with Crippen molar-refractivity contribution in [3.63, 3.8) is 0 Å². The number of aromatic nitrogens is 4. The quantitative estimate of drug-likeness (QED) is 0.543. The number of amides is 2. The molecule has 6 rings (SSSR count). The number of fused-ring (bicyclic) bond motifs is 3. The summed E-state index contributed by atoms with van der Waals surface area (Å²) in [4.78, 5) is 43.4. The van der Waals surface area contributed by atoms with Crippen LogP contribution in [0.3, 0.4) is 0 Å². The van der Waals surface area contributed by atoms with Crippen LogP contribution in [0, 0.1) is 0 Å². The minimum absolute atomic E-state index is 0.0241. The lowest BCUT2D eigenvalue weighted by Gasteiger charge is -2.46. The molecule has 37 heavy (non-hydrogen) atoms. The topological polar surface area (TPSA) is 118 Å². The molecule has 3 aliphatic rings. The maximum atomic E-state index is 13.2. The standard InChI is InChI=1S/C26H32N8O3/c1-32(2)25(36)21-9-17-11-29-26(31-23(17)34(21)18-5-3-4-6-18)30-22-8-7-16(10-28-22)24(35)33-19-12-27-13-20(33)15-37-14-19/h7-11,18-20,27H,3-6,12-15H2,1-2H3,(H,28,29,30,31)/t19-,20-/m1/s1. The molecular weight excluding hydrogens is 472 g/mol. The number of nitrogens with zero attached hydrogens (tertiary/aromatic N) is 6. The van der Waals surface area contributed by atoms with Gasteiger partial charge in [0, 0.05) is 51.0 Å². The van der Waals surface area contributed by atoms with Crippen LogP contribution in [0.25, 0.3) is 11.0 Å². The maximum Gasteiger partial charge on any atom is 0.270 e. The second-order valence-corrected chi connectivity index (χ2v) is 10.3. The van der Waals surface area contributed by atoms with Gasteiger partial charge in [0.15, 0.2) is 0 Å². The van der Waals surface area contributed by atoms with Gasteiger partial charge in [-0.05, 0) is 31.0 Å². The van der Waals surface area contributed by atoms with Crippen LogP contribution in [0.2, 0.25) is 0 Å². The van der Waals surface area contributed by atoms with E-state index in [-0.39, 0.29) is 29.9 Å². The molecule has 2 amide bonds. The highest BCUT2D eigenvalue weighted by Gasteiger charge is 2.38. The normalized spacial score (nSPS) is 21.8. The molecule has 5 heterocycles. The number of morpholine rings is 1. The Labute approximate surface area is 215 Å². The number of anilines is 2. The molecule has 2 atom stereocenters. The first-order valence-electron chi connectivity index (χ1n) is 12.9. The molecule has 1 aliphatic carbocycles. The van der Waals surface area contributed by atoms with Crippen LogP contribution in [0.1, 0.15) is 52.6 Å². The van der Waals surface area contributed by atoms with Gasteiger partial charge in [0.05, 0.1) is 30.9 Å². The molecule has 3 aromatic rings. The highest BCUT2D eigenvalue weighted by molar-refractivity contribution is 5.98. The number of carbonyl (C=O) groups excluding carboxylic acids is 2. The average molecular weight is 505 g/mol. The predicted molar refractivity (Wildman–Crippen MR) is 138 cm³/mol. The van der Waals surface area contributed by atoms with E-state index >= 15 is 0 Å². The van der Waals surface area contributed by atoms with Crippen molar-refractivity contribution in [3.05, 3.63) is 41.9 Å². The van der Waals surface area contributed by atoms with Gasteiger partial charge in [0.1, 0.15) is 17.2 Å². The third kappa shape index (κ3) is 4.42. The van der Waals surface area contributed by atoms with Crippen LogP contribution in [-0.4, -0.2) is 93.6 Å². The summed E-state index contributed by atoms with van der Waals surface area (Å²) in [6, 6.07) is 5.76. The molecule has 11 heteroatoms. The lowest BCUT2D eigenvalue weighted by atomic mass is 10.0. The molecule has 2 N–H and O–H groups in total. The summed E-state index contributed by atoms with van der Waals surface area (Å²) in [5.74, 6) is 0.878. The predicted octanol–water partition coefficient (Wildman–Crippen LogP) is 2.20. The van der Waals surface area contributed by atoms with Gasteiger partial charge in [0.25, 0.3) is 11.8 Å². The molecule has 2 bridgehead atoms. The summed E-state index contributed by atoms with van der Waals surface area (Å²) >= 11 is 0. The van der Waals surface area contributed by atoms with Crippen molar-refractivity contribution in [1.82, 2.24) is 34.6 Å². The molecular formula is C26H32N8O3. The molecule has 0 unspecified atom stereocenters. The van der Waals surface area contributed by atoms with E-state index in [0.29, 0.717) is 36.2 Å². The molecule has 1 saturated carbocycles. The van der Waals surface area contributed by atoms with Gasteiger partial charge < -0.3 is 29.7 Å². The lowest BCUT2D eigenvalue weighted by molar-refractivity contribution is -0.0491. The van der Waals surface area contributed by atoms with Gasteiger partial charge >= 0.3 is 0 Å². The van der Waals surface area contributed by atoms with Crippen LogP contribution in [-0.2, 0) is 4.74 Å². The van der Waals surface area contributed by atoms with Gasteiger partial charge in [0.2, 0.25) is 5.95 Å². The molecule has 0 radical (unpaired) electrons. The summed E-state index contributed by atoms with van der Waals surface area (Å²) in [5, 5.41) is 7.37. The van der Waals surface area contributed by atoms with Crippen molar-refractivity contribution >= 4 is 34.6 Å². The van der Waals surface area contributed by atoms with Crippen LogP contribution in [0.5, 0.6) is 0 Å². The largest absolute Gasteiger partial charge is 0.377 e. The Bertz CT molecular complexity index is 1290. The zero-order chi connectivity index (χ0) is 25.5. The minimum atomic E-state index is -0.0403. The molecule has 0 aromatic carbocycles. The van der Waals surface area contributed by atoms with Crippen molar-refractivity contribution in [1.29, 1.82) is 0 Å². The van der Waals surface area contributed by atoms with Gasteiger partial charge in [-0.1, -0.05) is 12.8 Å². The van der Waals surface area contributed by atoms with Gasteiger partial charge in [-0.3, -0.25) is 9.59 Å². The zero-order valence-electron chi connectivity index (χ0n) is 21.2. The zero-order valence-corrected chi connectivity index (χ0v) is 21.2. The van der Waals surface area contributed by atoms with E-state index in [1.54, 1.807) is 43.5 Å². The minimum Gasteiger partial charge on any atom is -0.377 e. The van der Waals surface area contributed by atoms with E-state index in [9.17, 15) is 9.59 Å². The smallest absolute Gasteiger partial charge is 0.270 e. The maximum absolute atomic E-state index is 13.2. The van der Waals surface area contributed by atoms with Crippen molar-refractivity contribution < 1.29 is 14.3 Å². The SMILES string of the molecule is CN(C)C(=O)c1cc2cnc(Nc3ccc(C(=O)N4[C@@H]5CNC[C@@H]4COC5)cn3)nc2n1C1CCCC1. The Morgan fingerprint density at radius 2 is 1.81 bits per heavy atom. The summed E-state index contributed by atoms with van der Waals surface area (Å²) in [5.41, 5.74) is 1.93. The molecule has 2 saturated heterocycles. The van der Waals surface area contributed by atoms with Crippen molar-refractivity contribution in [3.8, 4) is 0 Å². The van der Waals surface area contributed by atoms with Crippen molar-refractivity contribution in [2.24, 2.45) is 0 Å². The van der Waals surface area contributed by atoms with Crippen LogP contribution in [0.4, 0.5) is 11.8 Å². The molecule has 194 valence electrons. The van der Waals surface area contributed by atoms with Crippen molar-refractivity contribution in [2.75, 3.05) is 45.7 Å². The number of nitrogens with one attached hydrogen (secondary N) is 2. The number of pyridine rings is 1. The highest BCUT2D eigenvalue weighted by atomic mass is 16.5. The number of ether oxygens (including phenoxy) is 1. The number of piperazine rings is 1. The lowest BCUT2D eigenvalue weighted by Crippen LogP contribution is -2.65. The Morgan fingerprint density at radius 3 is 2.49 bits per heavy atom. The van der Waals surface area contributed by atoms with Crippen molar-refractivity contribution in [2.45, 2.75) is 43.8 Å². The number of hydrogen-bond donors (Lipinski definition) is 2. The summed E-state index contributed by atoms with van der Waals surface area (Å²) in [6.07, 6.45) is 7.69. The molecule has 3 fully saturated rings. The summed E-state index contributed by atoms with van der Waals surface area (Å²) in [6.45, 7) is 2.57. The second-order valence-electron chi connectivity index (χ2n) is 10.3. The Kier molecular flexibility index (Phi) is 6.25. The molecule has 11 nitrogen and oxygen atoms in total. The Hall–Kier alpha value is -3.57. The average Bonchev–Trinajstić information content (AvgIpc) is 3.55. The van der Waals surface area contributed by atoms with E-state index in [4.69, 9.17) is 9.72 Å². The second kappa shape index (κ2) is 9.71. The fourth-order valence-corrected chi connectivity index (χ4v) is 5.71. The number of rotatable bonds is 5. The molecule has 3 aromatic heterocycles.